The Morgan fingerprint density at radius 2 is 2.22 bits per heavy atom. The van der Waals surface area contributed by atoms with Crippen LogP contribution in [0.5, 0.6) is 0 Å². The summed E-state index contributed by atoms with van der Waals surface area (Å²) in [6.45, 7) is 5.17. The first-order valence-electron chi connectivity index (χ1n) is 8.91. The third-order valence-corrected chi connectivity index (χ3v) is 5.34. The van der Waals surface area contributed by atoms with Gasteiger partial charge in [-0.15, -0.1) is 0 Å². The van der Waals surface area contributed by atoms with Crippen LogP contribution >= 0.6 is 0 Å². The zero-order valence-corrected chi connectivity index (χ0v) is 13.8. The minimum Gasteiger partial charge on any atom is -0.364 e. The molecule has 1 N–H and O–H groups in total. The molecule has 1 aromatic rings. The van der Waals surface area contributed by atoms with Gasteiger partial charge in [0.1, 0.15) is 6.10 Å². The maximum atomic E-state index is 12.2. The number of hydrogen-bond donors (Lipinski definition) is 1. The molecule has 1 saturated carbocycles. The van der Waals surface area contributed by atoms with Gasteiger partial charge in [-0.25, -0.2) is 0 Å². The molecule has 124 valence electrons. The van der Waals surface area contributed by atoms with Crippen molar-refractivity contribution in [3.05, 3.63) is 35.4 Å². The van der Waals surface area contributed by atoms with Crippen molar-refractivity contribution in [1.29, 1.82) is 0 Å². The van der Waals surface area contributed by atoms with Gasteiger partial charge in [-0.2, -0.15) is 0 Å². The number of ether oxygens (including phenoxy) is 1. The molecule has 0 bridgehead atoms. The molecule has 2 saturated heterocycles. The number of carbonyl (C=O) groups excluding carboxylic acids is 1. The van der Waals surface area contributed by atoms with E-state index in [4.69, 9.17) is 4.74 Å². The molecular weight excluding hydrogens is 288 g/mol. The highest BCUT2D eigenvalue weighted by Crippen LogP contribution is 2.34. The maximum absolute atomic E-state index is 12.2. The Balaban J connectivity index is 1.33. The molecule has 0 unspecified atom stereocenters. The summed E-state index contributed by atoms with van der Waals surface area (Å²) >= 11 is 0. The first-order chi connectivity index (χ1) is 11.2. The van der Waals surface area contributed by atoms with Crippen LogP contribution in [0.3, 0.4) is 0 Å². The molecule has 2 aliphatic heterocycles. The molecule has 1 aromatic carbocycles. The van der Waals surface area contributed by atoms with Crippen molar-refractivity contribution >= 4 is 5.91 Å². The lowest BCUT2D eigenvalue weighted by Gasteiger charge is -2.34. The van der Waals surface area contributed by atoms with Gasteiger partial charge in [-0.05, 0) is 50.6 Å². The number of fused-ring (bicyclic) bond motifs is 1. The third-order valence-electron chi connectivity index (χ3n) is 5.34. The average Bonchev–Trinajstić information content (AvgIpc) is 3.23. The maximum Gasteiger partial charge on any atom is 0.249 e. The molecule has 23 heavy (non-hydrogen) atoms. The van der Waals surface area contributed by atoms with E-state index < -0.39 is 0 Å². The zero-order chi connectivity index (χ0) is 15.8. The van der Waals surface area contributed by atoms with Crippen molar-refractivity contribution in [2.75, 3.05) is 13.1 Å². The fourth-order valence-corrected chi connectivity index (χ4v) is 3.90. The number of aryl methyl sites for hydroxylation is 1. The van der Waals surface area contributed by atoms with E-state index in [1.54, 1.807) is 0 Å². The molecular formula is C19H26N2O2. The summed E-state index contributed by atoms with van der Waals surface area (Å²) < 4.78 is 6.09. The third kappa shape index (κ3) is 3.59. The molecule has 2 heterocycles. The highest BCUT2D eigenvalue weighted by Gasteiger charge is 2.42. The molecule has 0 radical (unpaired) electrons. The number of rotatable bonds is 4. The van der Waals surface area contributed by atoms with E-state index in [2.05, 4.69) is 41.4 Å². The predicted octanol–water partition coefficient (Wildman–Crippen LogP) is 2.25. The second-order valence-electron chi connectivity index (χ2n) is 7.45. The van der Waals surface area contributed by atoms with Crippen LogP contribution in [0.4, 0.5) is 0 Å². The summed E-state index contributed by atoms with van der Waals surface area (Å²) in [4.78, 5) is 14.7. The van der Waals surface area contributed by atoms with Crippen LogP contribution in [-0.2, 0) is 16.1 Å². The average molecular weight is 314 g/mol. The Morgan fingerprint density at radius 1 is 1.35 bits per heavy atom. The fourth-order valence-electron chi connectivity index (χ4n) is 3.90. The summed E-state index contributed by atoms with van der Waals surface area (Å²) in [5.74, 6) is 0.672. The Morgan fingerprint density at radius 3 is 3.00 bits per heavy atom. The largest absolute Gasteiger partial charge is 0.364 e. The van der Waals surface area contributed by atoms with Crippen LogP contribution in [0.1, 0.15) is 36.8 Å². The highest BCUT2D eigenvalue weighted by molar-refractivity contribution is 5.81. The Labute approximate surface area is 138 Å². The molecule has 4 rings (SSSR count). The number of nitrogens with one attached hydrogen (secondary N) is 1. The van der Waals surface area contributed by atoms with Gasteiger partial charge in [-0.3, -0.25) is 9.69 Å². The smallest absolute Gasteiger partial charge is 0.249 e. The van der Waals surface area contributed by atoms with Crippen LogP contribution < -0.4 is 5.32 Å². The lowest BCUT2D eigenvalue weighted by Crippen LogP contribution is -2.42. The molecule has 0 aromatic heterocycles. The van der Waals surface area contributed by atoms with E-state index in [-0.39, 0.29) is 18.1 Å². The van der Waals surface area contributed by atoms with Gasteiger partial charge in [-0.1, -0.05) is 29.8 Å². The molecule has 4 nitrogen and oxygen atoms in total. The first kappa shape index (κ1) is 15.2. The monoisotopic (exact) mass is 314 g/mol. The van der Waals surface area contributed by atoms with Gasteiger partial charge in [0.15, 0.2) is 0 Å². The van der Waals surface area contributed by atoms with Crippen molar-refractivity contribution in [3.8, 4) is 0 Å². The predicted molar refractivity (Wildman–Crippen MR) is 89.0 cm³/mol. The second-order valence-corrected chi connectivity index (χ2v) is 7.45. The number of piperidine rings is 1. The molecule has 0 spiro atoms. The summed E-state index contributed by atoms with van der Waals surface area (Å²) in [7, 11) is 0. The lowest BCUT2D eigenvalue weighted by atomic mass is 9.91. The van der Waals surface area contributed by atoms with E-state index >= 15 is 0 Å². The van der Waals surface area contributed by atoms with Crippen LogP contribution in [-0.4, -0.2) is 42.1 Å². The minimum atomic E-state index is -0.218. The highest BCUT2D eigenvalue weighted by atomic mass is 16.5. The van der Waals surface area contributed by atoms with E-state index in [0.29, 0.717) is 12.0 Å². The zero-order valence-electron chi connectivity index (χ0n) is 13.8. The summed E-state index contributed by atoms with van der Waals surface area (Å²) in [6.07, 6.45) is 4.32. The first-order valence-corrected chi connectivity index (χ1v) is 8.91. The SMILES string of the molecule is Cc1cccc(CN2CC[C@H]3C[C@H](C(=O)NC4CC4)O[C@H]3C2)c1. The Hall–Kier alpha value is -1.39. The second kappa shape index (κ2) is 6.25. The van der Waals surface area contributed by atoms with E-state index in [1.807, 2.05) is 0 Å². The summed E-state index contributed by atoms with van der Waals surface area (Å²) in [6, 6.07) is 9.14. The van der Waals surface area contributed by atoms with Crippen LogP contribution in [0.15, 0.2) is 24.3 Å². The van der Waals surface area contributed by atoms with Crippen LogP contribution in [0, 0.1) is 12.8 Å². The van der Waals surface area contributed by atoms with Gasteiger partial charge in [0.2, 0.25) is 5.91 Å². The van der Waals surface area contributed by atoms with Crippen molar-refractivity contribution in [2.24, 2.45) is 5.92 Å². The van der Waals surface area contributed by atoms with E-state index in [0.717, 1.165) is 45.3 Å². The topological polar surface area (TPSA) is 41.6 Å². The molecule has 1 aliphatic carbocycles. The number of amides is 1. The van der Waals surface area contributed by atoms with Gasteiger partial charge in [0.05, 0.1) is 6.10 Å². The standard InChI is InChI=1S/C19H26N2O2/c1-13-3-2-4-14(9-13)11-21-8-7-15-10-17(23-18(15)12-21)19(22)20-16-5-6-16/h2-4,9,15-18H,5-8,10-12H2,1H3,(H,20,22)/t15-,17+,18-/m0/s1. The number of carbonyl (C=O) groups is 1. The number of benzene rings is 1. The normalized spacial score (nSPS) is 30.9. The lowest BCUT2D eigenvalue weighted by molar-refractivity contribution is -0.133. The molecule has 3 fully saturated rings. The summed E-state index contributed by atoms with van der Waals surface area (Å²) in [5.41, 5.74) is 2.68. The Kier molecular flexibility index (Phi) is 4.12. The van der Waals surface area contributed by atoms with Crippen molar-refractivity contribution in [2.45, 2.75) is 57.4 Å². The van der Waals surface area contributed by atoms with E-state index in [1.165, 1.54) is 11.1 Å². The fraction of sp³-hybridized carbons (Fsp3) is 0.632. The molecule has 3 aliphatic rings. The summed E-state index contributed by atoms with van der Waals surface area (Å²) in [5, 5.41) is 3.09. The van der Waals surface area contributed by atoms with Crippen LogP contribution in [0.2, 0.25) is 0 Å². The Bertz CT molecular complexity index is 584. The quantitative estimate of drug-likeness (QED) is 0.927. The van der Waals surface area contributed by atoms with Gasteiger partial charge >= 0.3 is 0 Å². The van der Waals surface area contributed by atoms with E-state index in [9.17, 15) is 4.79 Å². The van der Waals surface area contributed by atoms with Crippen molar-refractivity contribution < 1.29 is 9.53 Å². The number of hydrogen-bond acceptors (Lipinski definition) is 3. The van der Waals surface area contributed by atoms with Crippen molar-refractivity contribution in [1.82, 2.24) is 10.2 Å². The number of nitrogens with zero attached hydrogens (tertiary/aromatic N) is 1. The molecule has 4 heteroatoms. The van der Waals surface area contributed by atoms with Crippen molar-refractivity contribution in [3.63, 3.8) is 0 Å². The van der Waals surface area contributed by atoms with Gasteiger partial charge < -0.3 is 10.1 Å². The van der Waals surface area contributed by atoms with Gasteiger partial charge in [0, 0.05) is 19.1 Å². The van der Waals surface area contributed by atoms with Crippen LogP contribution in [0.25, 0.3) is 0 Å². The minimum absolute atomic E-state index is 0.118. The van der Waals surface area contributed by atoms with Gasteiger partial charge in [0.25, 0.3) is 0 Å². The molecule has 3 atom stereocenters. The molecule has 1 amide bonds. The number of likely N-dealkylation sites (tertiary alicyclic amines) is 1.